The van der Waals surface area contributed by atoms with Gasteiger partial charge in [0.05, 0.1) is 11.9 Å². The fraction of sp³-hybridized carbons (Fsp3) is 0.478. The maximum absolute atomic E-state index is 14.7. The number of rotatable bonds is 10. The van der Waals surface area contributed by atoms with Crippen LogP contribution in [-0.2, 0) is 31.5 Å². The third-order valence-electron chi connectivity index (χ3n) is 6.07. The Morgan fingerprint density at radius 3 is 2.39 bits per heavy atom. The third-order valence-corrected chi connectivity index (χ3v) is 6.85. The number of nitrogens with zero attached hydrogens (tertiary/aromatic N) is 3. The normalized spacial score (nSPS) is 18.5. The van der Waals surface area contributed by atoms with E-state index in [1.807, 2.05) is 5.32 Å². The SMILES string of the molecule is CS(=O)(=O)CC(=O)NCC1=C(c2ccc(C(F)F)cn2)CC(c2cnn(CCCC(F)(F)F)c2)(C(F)(F)F)NC1=O. The molecule has 2 aromatic heterocycles. The predicted molar refractivity (Wildman–Crippen MR) is 127 cm³/mol. The Hall–Kier alpha value is -3.57. The Labute approximate surface area is 227 Å². The van der Waals surface area contributed by atoms with Crippen LogP contribution in [0.1, 0.15) is 42.5 Å². The highest BCUT2D eigenvalue weighted by atomic mass is 32.2. The molecule has 0 saturated carbocycles. The van der Waals surface area contributed by atoms with E-state index in [1.54, 1.807) is 0 Å². The number of hydrogen-bond acceptors (Lipinski definition) is 6. The predicted octanol–water partition coefficient (Wildman–Crippen LogP) is 3.45. The number of alkyl halides is 8. The summed E-state index contributed by atoms with van der Waals surface area (Å²) in [6.45, 7) is -1.10. The zero-order valence-corrected chi connectivity index (χ0v) is 21.9. The summed E-state index contributed by atoms with van der Waals surface area (Å²) in [7, 11) is -3.79. The van der Waals surface area contributed by atoms with E-state index in [1.165, 1.54) is 0 Å². The van der Waals surface area contributed by atoms with Gasteiger partial charge in [-0.15, -0.1) is 0 Å². The standard InChI is InChI=1S/C23H23F8N5O4S/c1-41(39,40)12-18(37)33-10-16-15(17-4-3-13(8-32-17)19(24)25)7-21(23(29,30)31,35-20(16)38)14-9-34-36(11-14)6-2-5-22(26,27)28/h3-4,8-9,11,19H,2,5-7,10,12H2,1H3,(H,33,37)(H,35,38). The summed E-state index contributed by atoms with van der Waals surface area (Å²) in [5, 5.41) is 7.70. The molecule has 18 heteroatoms. The molecule has 0 bridgehead atoms. The minimum absolute atomic E-state index is 0.303. The number of carbonyl (C=O) groups is 2. The highest BCUT2D eigenvalue weighted by molar-refractivity contribution is 7.91. The Kier molecular flexibility index (Phi) is 9.14. The minimum atomic E-state index is -5.21. The molecule has 2 N–H and O–H groups in total. The van der Waals surface area contributed by atoms with Crippen molar-refractivity contribution >= 4 is 27.2 Å². The van der Waals surface area contributed by atoms with E-state index >= 15 is 0 Å². The highest BCUT2D eigenvalue weighted by Crippen LogP contribution is 2.48. The van der Waals surface area contributed by atoms with Gasteiger partial charge >= 0.3 is 12.4 Å². The molecule has 9 nitrogen and oxygen atoms in total. The first-order valence-corrected chi connectivity index (χ1v) is 13.8. The highest BCUT2D eigenvalue weighted by Gasteiger charge is 2.60. The molecule has 1 atom stereocenters. The summed E-state index contributed by atoms with van der Waals surface area (Å²) in [6.07, 6.45) is -12.3. The number of aryl methyl sites for hydroxylation is 1. The zero-order chi connectivity index (χ0) is 30.8. The first-order valence-electron chi connectivity index (χ1n) is 11.7. The number of hydrogen-bond donors (Lipinski definition) is 2. The van der Waals surface area contributed by atoms with Crippen molar-refractivity contribution < 1.29 is 53.1 Å². The van der Waals surface area contributed by atoms with Crippen molar-refractivity contribution in [1.29, 1.82) is 0 Å². The van der Waals surface area contributed by atoms with Crippen LogP contribution in [0.2, 0.25) is 0 Å². The van der Waals surface area contributed by atoms with Gasteiger partial charge in [0.2, 0.25) is 11.8 Å². The molecule has 1 unspecified atom stereocenters. The lowest BCUT2D eigenvalue weighted by Gasteiger charge is -2.40. The van der Waals surface area contributed by atoms with Crippen LogP contribution in [0.3, 0.4) is 0 Å². The van der Waals surface area contributed by atoms with Crippen molar-refractivity contribution in [3.05, 3.63) is 53.1 Å². The van der Waals surface area contributed by atoms with Crippen LogP contribution in [0.4, 0.5) is 35.1 Å². The van der Waals surface area contributed by atoms with E-state index in [2.05, 4.69) is 15.4 Å². The quantitative estimate of drug-likeness (QED) is 0.394. The molecule has 1 aliphatic rings. The van der Waals surface area contributed by atoms with E-state index in [-0.39, 0.29) is 12.2 Å². The van der Waals surface area contributed by atoms with Crippen LogP contribution in [0, 0.1) is 0 Å². The summed E-state index contributed by atoms with van der Waals surface area (Å²) in [6, 6.07) is 1.86. The minimum Gasteiger partial charge on any atom is -0.351 e. The Morgan fingerprint density at radius 2 is 1.85 bits per heavy atom. The van der Waals surface area contributed by atoms with Crippen LogP contribution in [0.25, 0.3) is 5.57 Å². The van der Waals surface area contributed by atoms with Crippen molar-refractivity contribution in [3.63, 3.8) is 0 Å². The van der Waals surface area contributed by atoms with Gasteiger partial charge in [-0.25, -0.2) is 17.2 Å². The van der Waals surface area contributed by atoms with Gasteiger partial charge in [0, 0.05) is 61.3 Å². The second kappa shape index (κ2) is 11.7. The van der Waals surface area contributed by atoms with E-state index < -0.39 is 99.8 Å². The van der Waals surface area contributed by atoms with Crippen LogP contribution < -0.4 is 10.6 Å². The van der Waals surface area contributed by atoms with Gasteiger partial charge < -0.3 is 10.6 Å². The average Bonchev–Trinajstić information content (AvgIpc) is 3.29. The smallest absolute Gasteiger partial charge is 0.351 e. The van der Waals surface area contributed by atoms with Gasteiger partial charge in [-0.3, -0.25) is 19.3 Å². The van der Waals surface area contributed by atoms with Crippen LogP contribution in [-0.4, -0.2) is 65.9 Å². The van der Waals surface area contributed by atoms with E-state index in [4.69, 9.17) is 0 Å². The lowest BCUT2D eigenvalue weighted by atomic mass is 9.78. The Bertz CT molecular complexity index is 1420. The molecule has 3 heterocycles. The average molecular weight is 618 g/mol. The van der Waals surface area contributed by atoms with Crippen molar-refractivity contribution in [2.24, 2.45) is 0 Å². The molecule has 0 radical (unpaired) electrons. The molecule has 3 rings (SSSR count). The topological polar surface area (TPSA) is 123 Å². The molecular weight excluding hydrogens is 594 g/mol. The fourth-order valence-corrected chi connectivity index (χ4v) is 4.68. The number of carbonyl (C=O) groups excluding carboxylic acids is 2. The molecule has 2 aromatic rings. The summed E-state index contributed by atoms with van der Waals surface area (Å²) in [5.74, 6) is -3.37. The summed E-state index contributed by atoms with van der Waals surface area (Å²) >= 11 is 0. The van der Waals surface area contributed by atoms with Crippen LogP contribution >= 0.6 is 0 Å². The molecule has 226 valence electrons. The third kappa shape index (κ3) is 8.01. The summed E-state index contributed by atoms with van der Waals surface area (Å²) in [5.41, 5.74) is -5.47. The lowest BCUT2D eigenvalue weighted by molar-refractivity contribution is -0.201. The number of nitrogens with one attached hydrogen (secondary N) is 2. The maximum atomic E-state index is 14.7. The number of pyridine rings is 1. The first kappa shape index (κ1) is 32.0. The van der Waals surface area contributed by atoms with E-state index in [0.29, 0.717) is 6.20 Å². The van der Waals surface area contributed by atoms with Gasteiger partial charge in [0.1, 0.15) is 5.75 Å². The molecular formula is C23H23F8N5O4S. The van der Waals surface area contributed by atoms with Crippen molar-refractivity contribution in [2.45, 2.75) is 50.1 Å². The molecule has 0 saturated heterocycles. The molecule has 0 spiro atoms. The number of halogens is 8. The monoisotopic (exact) mass is 617 g/mol. The number of amides is 2. The van der Waals surface area contributed by atoms with Crippen molar-refractivity contribution in [2.75, 3.05) is 18.6 Å². The molecule has 1 aliphatic heterocycles. The van der Waals surface area contributed by atoms with Gasteiger partial charge in [0.25, 0.3) is 6.43 Å². The van der Waals surface area contributed by atoms with Gasteiger partial charge in [-0.2, -0.15) is 31.4 Å². The lowest BCUT2D eigenvalue weighted by Crippen LogP contribution is -2.59. The van der Waals surface area contributed by atoms with Crippen molar-refractivity contribution in [1.82, 2.24) is 25.4 Å². The van der Waals surface area contributed by atoms with E-state index in [9.17, 15) is 53.1 Å². The second-order valence-electron chi connectivity index (χ2n) is 9.33. The first-order chi connectivity index (χ1) is 18.8. The molecule has 0 fully saturated rings. The number of aromatic nitrogens is 3. The maximum Gasteiger partial charge on any atom is 0.416 e. The van der Waals surface area contributed by atoms with Crippen molar-refractivity contribution in [3.8, 4) is 0 Å². The zero-order valence-electron chi connectivity index (χ0n) is 21.1. The molecule has 0 aliphatic carbocycles. The van der Waals surface area contributed by atoms with Crippen LogP contribution in [0.5, 0.6) is 0 Å². The molecule has 41 heavy (non-hydrogen) atoms. The van der Waals surface area contributed by atoms with E-state index in [0.717, 1.165) is 35.5 Å². The largest absolute Gasteiger partial charge is 0.416 e. The van der Waals surface area contributed by atoms with Crippen LogP contribution in [0.15, 0.2) is 36.3 Å². The molecule has 0 aromatic carbocycles. The number of sulfone groups is 1. The van der Waals surface area contributed by atoms with Gasteiger partial charge in [-0.1, -0.05) is 0 Å². The molecule has 2 amide bonds. The van der Waals surface area contributed by atoms with Gasteiger partial charge in [-0.05, 0) is 24.1 Å². The summed E-state index contributed by atoms with van der Waals surface area (Å²) in [4.78, 5) is 28.9. The summed E-state index contributed by atoms with van der Waals surface area (Å²) < 4.78 is 131. The van der Waals surface area contributed by atoms with Gasteiger partial charge in [0.15, 0.2) is 15.4 Å². The fourth-order valence-electron chi connectivity index (χ4n) is 4.10. The Morgan fingerprint density at radius 1 is 1.17 bits per heavy atom. The second-order valence-corrected chi connectivity index (χ2v) is 11.5. The Balaban J connectivity index is 2.05.